The van der Waals surface area contributed by atoms with Crippen molar-refractivity contribution in [3.63, 3.8) is 0 Å². The Morgan fingerprint density at radius 1 is 1.00 bits per heavy atom. The average molecular weight is 254 g/mol. The third-order valence-electron chi connectivity index (χ3n) is 3.29. The van der Waals surface area contributed by atoms with Crippen LogP contribution in [0.2, 0.25) is 0 Å². The Balaban J connectivity index is 2.20. The lowest BCUT2D eigenvalue weighted by Crippen LogP contribution is -2.06. The van der Waals surface area contributed by atoms with Crippen LogP contribution in [0.4, 0.5) is 0 Å². The van der Waals surface area contributed by atoms with Crippen LogP contribution in [0.15, 0.2) is 54.6 Å². The number of H-pyrrole nitrogens is 1. The van der Waals surface area contributed by atoms with Crippen LogP contribution in [0.1, 0.15) is 18.5 Å². The maximum absolute atomic E-state index is 5.44. The molecule has 0 aliphatic rings. The molecule has 0 spiro atoms. The molecule has 0 saturated carbocycles. The van der Waals surface area contributed by atoms with Crippen LogP contribution in [-0.2, 0) is 0 Å². The van der Waals surface area contributed by atoms with Gasteiger partial charge >= 0.3 is 0 Å². The van der Waals surface area contributed by atoms with E-state index in [2.05, 4.69) is 52.9 Å². The molecule has 0 fully saturated rings. The summed E-state index contributed by atoms with van der Waals surface area (Å²) in [5.41, 5.74) is 3.50. The highest BCUT2D eigenvalue weighted by molar-refractivity contribution is 7.71. The zero-order valence-corrected chi connectivity index (χ0v) is 10.9. The first-order valence-corrected chi connectivity index (χ1v) is 6.42. The third kappa shape index (κ3) is 1.77. The van der Waals surface area contributed by atoms with Gasteiger partial charge in [-0.05, 0) is 36.8 Å². The molecule has 3 aromatic rings. The molecule has 2 nitrogen and oxygen atoms in total. The van der Waals surface area contributed by atoms with Gasteiger partial charge in [-0.15, -0.1) is 0 Å². The van der Waals surface area contributed by atoms with Gasteiger partial charge in [-0.1, -0.05) is 42.5 Å². The topological polar surface area (TPSA) is 20.7 Å². The van der Waals surface area contributed by atoms with E-state index in [-0.39, 0.29) is 6.04 Å². The average Bonchev–Trinajstić information content (AvgIpc) is 2.75. The van der Waals surface area contributed by atoms with E-state index in [1.165, 1.54) is 5.56 Å². The quantitative estimate of drug-likeness (QED) is 0.676. The van der Waals surface area contributed by atoms with Crippen molar-refractivity contribution in [2.24, 2.45) is 0 Å². The number of hydrogen-bond donors (Lipinski definition) is 1. The summed E-state index contributed by atoms with van der Waals surface area (Å²) >= 11 is 5.44. The summed E-state index contributed by atoms with van der Waals surface area (Å²) in [5.74, 6) is 0. The lowest BCUT2D eigenvalue weighted by Gasteiger charge is -2.14. The number of nitrogens with zero attached hydrogens (tertiary/aromatic N) is 1. The first-order chi connectivity index (χ1) is 8.77. The molecule has 1 N–H and O–H groups in total. The molecule has 18 heavy (non-hydrogen) atoms. The number of aromatic nitrogens is 2. The van der Waals surface area contributed by atoms with Gasteiger partial charge in [0.25, 0.3) is 0 Å². The van der Waals surface area contributed by atoms with Crippen molar-refractivity contribution >= 4 is 23.3 Å². The Morgan fingerprint density at radius 2 is 1.67 bits per heavy atom. The normalized spacial score (nSPS) is 12.7. The largest absolute Gasteiger partial charge is 0.331 e. The highest BCUT2D eigenvalue weighted by Gasteiger charge is 2.12. The molecule has 0 saturated heterocycles. The van der Waals surface area contributed by atoms with E-state index in [1.54, 1.807) is 0 Å². The fraction of sp³-hybridized carbons (Fsp3) is 0.133. The molecule has 0 unspecified atom stereocenters. The van der Waals surface area contributed by atoms with Gasteiger partial charge in [0.05, 0.1) is 17.1 Å². The van der Waals surface area contributed by atoms with Crippen LogP contribution in [0, 0.1) is 4.77 Å². The van der Waals surface area contributed by atoms with E-state index < -0.39 is 0 Å². The Morgan fingerprint density at radius 3 is 2.44 bits per heavy atom. The predicted molar refractivity (Wildman–Crippen MR) is 77.4 cm³/mol. The molecule has 90 valence electrons. The zero-order chi connectivity index (χ0) is 12.5. The lowest BCUT2D eigenvalue weighted by molar-refractivity contribution is 0.649. The number of para-hydroxylation sites is 2. The van der Waals surface area contributed by atoms with Crippen LogP contribution in [0.25, 0.3) is 11.0 Å². The Bertz CT molecular complexity index is 725. The van der Waals surface area contributed by atoms with Crippen molar-refractivity contribution in [1.82, 2.24) is 9.55 Å². The van der Waals surface area contributed by atoms with Gasteiger partial charge in [-0.25, -0.2) is 0 Å². The second kappa shape index (κ2) is 4.42. The minimum absolute atomic E-state index is 0.231. The molecular formula is C15H14N2S. The molecule has 0 radical (unpaired) electrons. The van der Waals surface area contributed by atoms with Gasteiger partial charge in [0.2, 0.25) is 0 Å². The van der Waals surface area contributed by atoms with Gasteiger partial charge in [-0.2, -0.15) is 0 Å². The molecule has 2 aromatic carbocycles. The first-order valence-electron chi connectivity index (χ1n) is 6.01. The zero-order valence-electron chi connectivity index (χ0n) is 10.1. The van der Waals surface area contributed by atoms with E-state index in [0.29, 0.717) is 0 Å². The second-order valence-electron chi connectivity index (χ2n) is 4.40. The number of imidazole rings is 1. The van der Waals surface area contributed by atoms with Gasteiger partial charge in [0.15, 0.2) is 4.77 Å². The van der Waals surface area contributed by atoms with Crippen molar-refractivity contribution in [3.8, 4) is 0 Å². The molecular weight excluding hydrogens is 240 g/mol. The molecule has 1 heterocycles. The second-order valence-corrected chi connectivity index (χ2v) is 4.79. The minimum atomic E-state index is 0.231. The highest BCUT2D eigenvalue weighted by atomic mass is 32.1. The SMILES string of the molecule is C[C@@H](c1ccccc1)n1c(=S)[nH]c2ccccc21. The van der Waals surface area contributed by atoms with Gasteiger partial charge in [-0.3, -0.25) is 0 Å². The van der Waals surface area contributed by atoms with Crippen molar-refractivity contribution in [2.45, 2.75) is 13.0 Å². The number of fused-ring (bicyclic) bond motifs is 1. The standard InChI is InChI=1S/C15H14N2S/c1-11(12-7-3-2-4-8-12)17-14-10-6-5-9-13(14)16-15(17)18/h2-11H,1H3,(H,16,18)/t11-/m0/s1. The fourth-order valence-electron chi connectivity index (χ4n) is 2.34. The van der Waals surface area contributed by atoms with E-state index in [0.717, 1.165) is 15.8 Å². The van der Waals surface area contributed by atoms with Gasteiger partial charge in [0, 0.05) is 0 Å². The van der Waals surface area contributed by atoms with Crippen molar-refractivity contribution in [3.05, 3.63) is 64.9 Å². The summed E-state index contributed by atoms with van der Waals surface area (Å²) in [5, 5.41) is 0. The molecule has 0 bridgehead atoms. The summed E-state index contributed by atoms with van der Waals surface area (Å²) in [4.78, 5) is 3.26. The molecule has 3 heteroatoms. The van der Waals surface area contributed by atoms with Crippen molar-refractivity contribution in [2.75, 3.05) is 0 Å². The summed E-state index contributed by atoms with van der Waals surface area (Å²) in [6.45, 7) is 2.17. The minimum Gasteiger partial charge on any atom is -0.331 e. The van der Waals surface area contributed by atoms with Crippen molar-refractivity contribution in [1.29, 1.82) is 0 Å². The smallest absolute Gasteiger partial charge is 0.178 e. The van der Waals surface area contributed by atoms with Crippen LogP contribution in [-0.4, -0.2) is 9.55 Å². The summed E-state index contributed by atoms with van der Waals surface area (Å²) in [6.07, 6.45) is 0. The number of hydrogen-bond acceptors (Lipinski definition) is 1. The number of benzene rings is 2. The monoisotopic (exact) mass is 254 g/mol. The van der Waals surface area contributed by atoms with E-state index in [1.807, 2.05) is 18.2 Å². The van der Waals surface area contributed by atoms with Crippen LogP contribution in [0.5, 0.6) is 0 Å². The Labute approximate surface area is 111 Å². The molecule has 0 aliphatic carbocycles. The van der Waals surface area contributed by atoms with Crippen molar-refractivity contribution < 1.29 is 0 Å². The number of aromatic amines is 1. The third-order valence-corrected chi connectivity index (χ3v) is 3.59. The maximum Gasteiger partial charge on any atom is 0.178 e. The van der Waals surface area contributed by atoms with E-state index in [4.69, 9.17) is 12.2 Å². The molecule has 0 amide bonds. The first kappa shape index (κ1) is 11.2. The van der Waals surface area contributed by atoms with Gasteiger partial charge in [0.1, 0.15) is 0 Å². The van der Waals surface area contributed by atoms with Gasteiger partial charge < -0.3 is 9.55 Å². The predicted octanol–water partition coefficient (Wildman–Crippen LogP) is 4.31. The summed E-state index contributed by atoms with van der Waals surface area (Å²) in [7, 11) is 0. The number of nitrogens with one attached hydrogen (secondary N) is 1. The Kier molecular flexibility index (Phi) is 2.76. The fourth-order valence-corrected chi connectivity index (χ4v) is 2.71. The summed E-state index contributed by atoms with van der Waals surface area (Å²) < 4.78 is 2.94. The molecule has 0 aliphatic heterocycles. The lowest BCUT2D eigenvalue weighted by atomic mass is 10.1. The Hall–Kier alpha value is -1.87. The molecule has 3 rings (SSSR count). The molecule has 1 aromatic heterocycles. The van der Waals surface area contributed by atoms with Crippen LogP contribution in [0.3, 0.4) is 0 Å². The van der Waals surface area contributed by atoms with E-state index >= 15 is 0 Å². The van der Waals surface area contributed by atoms with Crippen LogP contribution < -0.4 is 0 Å². The van der Waals surface area contributed by atoms with E-state index in [9.17, 15) is 0 Å². The highest BCUT2D eigenvalue weighted by Crippen LogP contribution is 2.23. The number of rotatable bonds is 2. The summed E-state index contributed by atoms with van der Waals surface area (Å²) in [6, 6.07) is 18.9. The van der Waals surface area contributed by atoms with Crippen LogP contribution >= 0.6 is 12.2 Å². The molecule has 1 atom stereocenters. The maximum atomic E-state index is 5.44.